The van der Waals surface area contributed by atoms with Crippen LogP contribution in [0.2, 0.25) is 0 Å². The molecule has 2 rings (SSSR count). The van der Waals surface area contributed by atoms with E-state index in [0.29, 0.717) is 5.92 Å². The number of aromatic nitrogens is 2. The molecule has 1 aliphatic rings. The van der Waals surface area contributed by atoms with Crippen LogP contribution in [-0.2, 0) is 19.9 Å². The van der Waals surface area contributed by atoms with E-state index in [-0.39, 0.29) is 6.10 Å². The third kappa shape index (κ3) is 3.09. The molecule has 3 nitrogen and oxygen atoms in total. The SMILES string of the molecule is CCc1cc(CC(O)C2CCCCC2)n(C)n1. The molecule has 1 aromatic heterocycles. The zero-order valence-electron chi connectivity index (χ0n) is 11.0. The topological polar surface area (TPSA) is 38.0 Å². The van der Waals surface area contributed by atoms with E-state index < -0.39 is 0 Å². The maximum atomic E-state index is 10.3. The molecule has 96 valence electrons. The molecule has 1 fully saturated rings. The zero-order valence-corrected chi connectivity index (χ0v) is 11.0. The summed E-state index contributed by atoms with van der Waals surface area (Å²) in [6.45, 7) is 2.11. The summed E-state index contributed by atoms with van der Waals surface area (Å²) in [7, 11) is 1.97. The summed E-state index contributed by atoms with van der Waals surface area (Å²) in [5.41, 5.74) is 2.29. The number of hydrogen-bond donors (Lipinski definition) is 1. The van der Waals surface area contributed by atoms with Gasteiger partial charge in [-0.2, -0.15) is 5.10 Å². The second kappa shape index (κ2) is 5.67. The Labute approximate surface area is 104 Å². The first-order chi connectivity index (χ1) is 8.20. The van der Waals surface area contributed by atoms with Crippen LogP contribution in [-0.4, -0.2) is 21.0 Å². The van der Waals surface area contributed by atoms with Gasteiger partial charge in [-0.05, 0) is 31.2 Å². The van der Waals surface area contributed by atoms with E-state index in [0.717, 1.165) is 18.5 Å². The maximum absolute atomic E-state index is 10.3. The van der Waals surface area contributed by atoms with Crippen molar-refractivity contribution in [2.45, 2.75) is 58.0 Å². The molecule has 0 aliphatic heterocycles. The lowest BCUT2D eigenvalue weighted by Crippen LogP contribution is -2.25. The third-order valence-corrected chi connectivity index (χ3v) is 4.00. The first-order valence-electron chi connectivity index (χ1n) is 6.90. The summed E-state index contributed by atoms with van der Waals surface area (Å²) in [6.07, 6.45) is 7.84. The van der Waals surface area contributed by atoms with Crippen LogP contribution < -0.4 is 0 Å². The van der Waals surface area contributed by atoms with Crippen LogP contribution in [0.3, 0.4) is 0 Å². The van der Waals surface area contributed by atoms with Crippen molar-refractivity contribution in [2.24, 2.45) is 13.0 Å². The summed E-state index contributed by atoms with van der Waals surface area (Å²) in [5, 5.41) is 14.7. The third-order valence-electron chi connectivity index (χ3n) is 4.00. The van der Waals surface area contributed by atoms with Crippen molar-refractivity contribution in [1.82, 2.24) is 9.78 Å². The first kappa shape index (κ1) is 12.6. The Morgan fingerprint density at radius 2 is 2.12 bits per heavy atom. The molecule has 17 heavy (non-hydrogen) atoms. The van der Waals surface area contributed by atoms with Gasteiger partial charge < -0.3 is 5.11 Å². The molecule has 0 bridgehead atoms. The normalized spacial score (nSPS) is 19.5. The highest BCUT2D eigenvalue weighted by Crippen LogP contribution is 2.27. The van der Waals surface area contributed by atoms with Crippen LogP contribution in [0.25, 0.3) is 0 Å². The lowest BCUT2D eigenvalue weighted by molar-refractivity contribution is 0.0834. The Balaban J connectivity index is 1.96. The van der Waals surface area contributed by atoms with Gasteiger partial charge in [-0.15, -0.1) is 0 Å². The van der Waals surface area contributed by atoms with Crippen molar-refractivity contribution in [3.8, 4) is 0 Å². The largest absolute Gasteiger partial charge is 0.392 e. The molecule has 3 heteroatoms. The fraction of sp³-hybridized carbons (Fsp3) is 0.786. The van der Waals surface area contributed by atoms with Crippen LogP contribution >= 0.6 is 0 Å². The first-order valence-corrected chi connectivity index (χ1v) is 6.90. The number of aryl methyl sites for hydroxylation is 2. The number of aliphatic hydroxyl groups excluding tert-OH is 1. The molecule has 1 aromatic rings. The lowest BCUT2D eigenvalue weighted by Gasteiger charge is -2.26. The molecule has 1 heterocycles. The van der Waals surface area contributed by atoms with E-state index in [1.807, 2.05) is 11.7 Å². The Hall–Kier alpha value is -0.830. The van der Waals surface area contributed by atoms with Gasteiger partial charge in [0.1, 0.15) is 0 Å². The van der Waals surface area contributed by atoms with Crippen molar-refractivity contribution in [3.63, 3.8) is 0 Å². The molecule has 1 atom stereocenters. The van der Waals surface area contributed by atoms with E-state index in [9.17, 15) is 5.11 Å². The standard InChI is InChI=1S/C14H24N2O/c1-3-12-9-13(16(2)15-12)10-14(17)11-7-5-4-6-8-11/h9,11,14,17H,3-8,10H2,1-2H3. The number of nitrogens with zero attached hydrogens (tertiary/aromatic N) is 2. The molecular weight excluding hydrogens is 212 g/mol. The van der Waals surface area contributed by atoms with Gasteiger partial charge in [0.2, 0.25) is 0 Å². The highest BCUT2D eigenvalue weighted by molar-refractivity contribution is 5.11. The summed E-state index contributed by atoms with van der Waals surface area (Å²) in [6, 6.07) is 2.13. The van der Waals surface area contributed by atoms with Crippen LogP contribution in [0.4, 0.5) is 0 Å². The second-order valence-electron chi connectivity index (χ2n) is 5.27. The predicted octanol–water partition coefficient (Wildman–Crippen LogP) is 2.47. The molecule has 0 radical (unpaired) electrons. The molecule has 0 saturated heterocycles. The minimum Gasteiger partial charge on any atom is -0.392 e. The Morgan fingerprint density at radius 1 is 1.41 bits per heavy atom. The quantitative estimate of drug-likeness (QED) is 0.872. The fourth-order valence-electron chi connectivity index (χ4n) is 2.84. The van der Waals surface area contributed by atoms with Crippen molar-refractivity contribution in [1.29, 1.82) is 0 Å². The fourth-order valence-corrected chi connectivity index (χ4v) is 2.84. The lowest BCUT2D eigenvalue weighted by atomic mass is 9.84. The highest BCUT2D eigenvalue weighted by Gasteiger charge is 2.22. The molecule has 1 unspecified atom stereocenters. The maximum Gasteiger partial charge on any atom is 0.0624 e. The van der Waals surface area contributed by atoms with Gasteiger partial charge in [-0.25, -0.2) is 0 Å². The zero-order chi connectivity index (χ0) is 12.3. The summed E-state index contributed by atoms with van der Waals surface area (Å²) in [4.78, 5) is 0. The van der Waals surface area contributed by atoms with Gasteiger partial charge in [-0.3, -0.25) is 4.68 Å². The molecule has 1 saturated carbocycles. The van der Waals surface area contributed by atoms with Gasteiger partial charge in [0.15, 0.2) is 0 Å². The Kier molecular flexibility index (Phi) is 4.21. The molecule has 1 aliphatic carbocycles. The average Bonchev–Trinajstić information content (AvgIpc) is 2.71. The Bertz CT molecular complexity index is 353. The van der Waals surface area contributed by atoms with Crippen molar-refractivity contribution < 1.29 is 5.11 Å². The van der Waals surface area contributed by atoms with Crippen molar-refractivity contribution >= 4 is 0 Å². The smallest absolute Gasteiger partial charge is 0.0624 e. The molecular formula is C14H24N2O. The average molecular weight is 236 g/mol. The van der Waals surface area contributed by atoms with Crippen molar-refractivity contribution in [2.75, 3.05) is 0 Å². The minimum absolute atomic E-state index is 0.185. The van der Waals surface area contributed by atoms with E-state index in [2.05, 4.69) is 18.1 Å². The monoisotopic (exact) mass is 236 g/mol. The van der Waals surface area contributed by atoms with Crippen LogP contribution in [0.5, 0.6) is 0 Å². The van der Waals surface area contributed by atoms with Gasteiger partial charge in [0, 0.05) is 19.2 Å². The summed E-state index contributed by atoms with van der Waals surface area (Å²) < 4.78 is 1.92. The molecule has 0 aromatic carbocycles. The van der Waals surface area contributed by atoms with Crippen LogP contribution in [0, 0.1) is 5.92 Å². The number of hydrogen-bond acceptors (Lipinski definition) is 2. The van der Waals surface area contributed by atoms with Gasteiger partial charge in [-0.1, -0.05) is 26.2 Å². The van der Waals surface area contributed by atoms with E-state index >= 15 is 0 Å². The van der Waals surface area contributed by atoms with Gasteiger partial charge >= 0.3 is 0 Å². The van der Waals surface area contributed by atoms with E-state index in [1.165, 1.54) is 37.8 Å². The molecule has 0 spiro atoms. The summed E-state index contributed by atoms with van der Waals surface area (Å²) in [5.74, 6) is 0.503. The number of rotatable bonds is 4. The predicted molar refractivity (Wildman–Crippen MR) is 68.9 cm³/mol. The summed E-state index contributed by atoms with van der Waals surface area (Å²) >= 11 is 0. The van der Waals surface area contributed by atoms with Crippen molar-refractivity contribution in [3.05, 3.63) is 17.5 Å². The van der Waals surface area contributed by atoms with Crippen LogP contribution in [0.15, 0.2) is 6.07 Å². The molecule has 1 N–H and O–H groups in total. The van der Waals surface area contributed by atoms with E-state index in [1.54, 1.807) is 0 Å². The second-order valence-corrected chi connectivity index (χ2v) is 5.27. The Morgan fingerprint density at radius 3 is 2.71 bits per heavy atom. The van der Waals surface area contributed by atoms with E-state index in [4.69, 9.17) is 0 Å². The highest BCUT2D eigenvalue weighted by atomic mass is 16.3. The van der Waals surface area contributed by atoms with Crippen LogP contribution in [0.1, 0.15) is 50.4 Å². The van der Waals surface area contributed by atoms with Gasteiger partial charge in [0.05, 0.1) is 11.8 Å². The molecule has 0 amide bonds. The number of aliphatic hydroxyl groups is 1. The van der Waals surface area contributed by atoms with Gasteiger partial charge in [0.25, 0.3) is 0 Å². The minimum atomic E-state index is -0.185.